The Balaban J connectivity index is 1.66. The molecule has 0 aliphatic heterocycles. The number of tetrazole rings is 1. The lowest BCUT2D eigenvalue weighted by Gasteiger charge is -2.16. The van der Waals surface area contributed by atoms with Gasteiger partial charge in [0.2, 0.25) is 0 Å². The van der Waals surface area contributed by atoms with Gasteiger partial charge in [0.05, 0.1) is 6.54 Å². The van der Waals surface area contributed by atoms with Gasteiger partial charge in [-0.25, -0.2) is 0 Å². The van der Waals surface area contributed by atoms with Crippen LogP contribution in [0.2, 0.25) is 10.0 Å². The van der Waals surface area contributed by atoms with E-state index in [0.29, 0.717) is 22.3 Å². The molecule has 28 heavy (non-hydrogen) atoms. The van der Waals surface area contributed by atoms with Crippen LogP contribution in [0.15, 0.2) is 54.6 Å². The Morgan fingerprint density at radius 3 is 2.50 bits per heavy atom. The van der Waals surface area contributed by atoms with Gasteiger partial charge in [-0.2, -0.15) is 0 Å². The molecule has 0 aliphatic carbocycles. The Hall–Kier alpha value is -3.03. The van der Waals surface area contributed by atoms with Crippen molar-refractivity contribution in [3.63, 3.8) is 0 Å². The first kappa shape index (κ1) is 18.3. The lowest BCUT2D eigenvalue weighted by atomic mass is 10.0. The molecule has 0 atom stereocenters. The predicted molar refractivity (Wildman–Crippen MR) is 110 cm³/mol. The summed E-state index contributed by atoms with van der Waals surface area (Å²) in [4.78, 5) is 1.32. The van der Waals surface area contributed by atoms with Crippen LogP contribution in [0.1, 0.15) is 11.1 Å². The summed E-state index contributed by atoms with van der Waals surface area (Å²) < 4.78 is 6.09. The van der Waals surface area contributed by atoms with Crippen LogP contribution in [-0.4, -0.2) is 20.3 Å². The van der Waals surface area contributed by atoms with Gasteiger partial charge in [0, 0.05) is 21.2 Å². The lowest BCUT2D eigenvalue weighted by molar-refractivity contribution is 0.303. The first-order valence-electron chi connectivity index (χ1n) is 8.47. The highest BCUT2D eigenvalue weighted by atomic mass is 35.5. The fourth-order valence-corrected chi connectivity index (χ4v) is 3.42. The second-order valence-electron chi connectivity index (χ2n) is 6.04. The topological polar surface area (TPSA) is 90.9 Å². The fourth-order valence-electron chi connectivity index (χ4n) is 2.91. The third-order valence-corrected chi connectivity index (χ3v) is 5.04. The summed E-state index contributed by atoms with van der Waals surface area (Å²) in [6, 6.07) is 17.3. The standard InChI is InChI=1S/C19H16Cl2N6O/c20-16-6-3-7-17(21)15(16)11-28-18-9-8-12-4-1-2-5-13(12)14(18)10-23-27-19(22)24-25-26-27/h1-9,23H,10-11H2,(H2,22,24,26). The van der Waals surface area contributed by atoms with Crippen LogP contribution in [0.5, 0.6) is 5.75 Å². The lowest BCUT2D eigenvalue weighted by Crippen LogP contribution is -2.19. The highest BCUT2D eigenvalue weighted by Crippen LogP contribution is 2.31. The number of nitrogens with one attached hydrogen (secondary N) is 1. The molecular formula is C19H16Cl2N6O. The quantitative estimate of drug-likeness (QED) is 0.494. The Labute approximate surface area is 171 Å². The Morgan fingerprint density at radius 2 is 1.75 bits per heavy atom. The fraction of sp³-hybridized carbons (Fsp3) is 0.105. The third kappa shape index (κ3) is 3.67. The Kier molecular flexibility index (Phi) is 5.18. The number of fused-ring (bicyclic) bond motifs is 1. The number of nitrogen functional groups attached to an aromatic ring is 1. The van der Waals surface area contributed by atoms with E-state index >= 15 is 0 Å². The van der Waals surface area contributed by atoms with Crippen molar-refractivity contribution in [3.05, 3.63) is 75.8 Å². The van der Waals surface area contributed by atoms with Crippen LogP contribution < -0.4 is 15.9 Å². The zero-order chi connectivity index (χ0) is 19.5. The molecule has 0 bridgehead atoms. The molecule has 7 nitrogen and oxygen atoms in total. The van der Waals surface area contributed by atoms with Crippen LogP contribution in [0, 0.1) is 0 Å². The number of hydrogen-bond acceptors (Lipinski definition) is 6. The SMILES string of the molecule is Nc1nnnn1NCc1c(OCc2c(Cl)cccc2Cl)ccc2ccccc12. The summed E-state index contributed by atoms with van der Waals surface area (Å²) in [5.41, 5.74) is 10.5. The van der Waals surface area contributed by atoms with Gasteiger partial charge >= 0.3 is 0 Å². The average molecular weight is 415 g/mol. The molecule has 1 heterocycles. The van der Waals surface area contributed by atoms with Crippen molar-refractivity contribution < 1.29 is 4.74 Å². The van der Waals surface area contributed by atoms with E-state index in [-0.39, 0.29) is 12.6 Å². The molecule has 0 amide bonds. The molecule has 4 aromatic rings. The van der Waals surface area contributed by atoms with Gasteiger partial charge in [0.1, 0.15) is 12.4 Å². The number of anilines is 1. The molecule has 0 fully saturated rings. The van der Waals surface area contributed by atoms with E-state index in [1.54, 1.807) is 18.2 Å². The maximum atomic E-state index is 6.26. The largest absolute Gasteiger partial charge is 0.488 e. The van der Waals surface area contributed by atoms with E-state index < -0.39 is 0 Å². The van der Waals surface area contributed by atoms with Gasteiger partial charge in [-0.1, -0.05) is 64.7 Å². The van der Waals surface area contributed by atoms with E-state index in [1.165, 1.54) is 4.79 Å². The van der Waals surface area contributed by atoms with E-state index in [0.717, 1.165) is 21.9 Å². The minimum atomic E-state index is 0.172. The zero-order valence-corrected chi connectivity index (χ0v) is 16.2. The summed E-state index contributed by atoms with van der Waals surface area (Å²) in [5, 5.41) is 14.3. The molecule has 0 aliphatic rings. The smallest absolute Gasteiger partial charge is 0.260 e. The van der Waals surface area contributed by atoms with E-state index in [2.05, 4.69) is 21.0 Å². The summed E-state index contributed by atoms with van der Waals surface area (Å²) >= 11 is 12.5. The van der Waals surface area contributed by atoms with Crippen LogP contribution in [-0.2, 0) is 13.2 Å². The van der Waals surface area contributed by atoms with Crippen LogP contribution >= 0.6 is 23.2 Å². The number of hydrogen-bond donors (Lipinski definition) is 2. The van der Waals surface area contributed by atoms with Gasteiger partial charge in [-0.15, -0.1) is 4.79 Å². The van der Waals surface area contributed by atoms with E-state index in [9.17, 15) is 0 Å². The summed E-state index contributed by atoms with van der Waals surface area (Å²) in [6.45, 7) is 0.652. The predicted octanol–water partition coefficient (Wildman–Crippen LogP) is 4.04. The van der Waals surface area contributed by atoms with Gasteiger partial charge in [0.25, 0.3) is 5.95 Å². The van der Waals surface area contributed by atoms with E-state index in [1.807, 2.05) is 36.4 Å². The molecule has 1 aromatic heterocycles. The molecular weight excluding hydrogens is 399 g/mol. The van der Waals surface area contributed by atoms with Gasteiger partial charge in [-0.3, -0.25) is 0 Å². The number of nitrogens with zero attached hydrogens (tertiary/aromatic N) is 4. The second kappa shape index (κ2) is 7.92. The van der Waals surface area contributed by atoms with Crippen molar-refractivity contribution in [1.82, 2.24) is 20.3 Å². The number of halogens is 2. The molecule has 0 radical (unpaired) electrons. The monoisotopic (exact) mass is 414 g/mol. The van der Waals surface area contributed by atoms with Crippen LogP contribution in [0.4, 0.5) is 5.95 Å². The number of rotatable bonds is 6. The number of aromatic nitrogens is 4. The number of nitrogens with two attached hydrogens (primary N) is 1. The van der Waals surface area contributed by atoms with Crippen LogP contribution in [0.3, 0.4) is 0 Å². The number of ether oxygens (including phenoxy) is 1. The molecule has 3 aromatic carbocycles. The highest BCUT2D eigenvalue weighted by molar-refractivity contribution is 6.35. The Morgan fingerprint density at radius 1 is 0.964 bits per heavy atom. The highest BCUT2D eigenvalue weighted by Gasteiger charge is 2.12. The Bertz CT molecular complexity index is 1110. The number of benzene rings is 3. The van der Waals surface area contributed by atoms with Crippen molar-refractivity contribution in [3.8, 4) is 5.75 Å². The van der Waals surface area contributed by atoms with Gasteiger partial charge in [0.15, 0.2) is 0 Å². The summed E-state index contributed by atoms with van der Waals surface area (Å²) in [6.07, 6.45) is 0. The third-order valence-electron chi connectivity index (χ3n) is 4.33. The van der Waals surface area contributed by atoms with Crippen molar-refractivity contribution in [2.45, 2.75) is 13.2 Å². The molecule has 0 spiro atoms. The minimum absolute atomic E-state index is 0.172. The minimum Gasteiger partial charge on any atom is -0.488 e. The molecule has 3 N–H and O–H groups in total. The molecule has 4 rings (SSSR count). The second-order valence-corrected chi connectivity index (χ2v) is 6.85. The normalized spacial score (nSPS) is 10.9. The van der Waals surface area contributed by atoms with Gasteiger partial charge in [-0.05, 0) is 39.4 Å². The van der Waals surface area contributed by atoms with Gasteiger partial charge < -0.3 is 15.9 Å². The maximum Gasteiger partial charge on any atom is 0.260 e. The molecule has 0 saturated carbocycles. The van der Waals surface area contributed by atoms with Crippen molar-refractivity contribution in [2.75, 3.05) is 11.2 Å². The van der Waals surface area contributed by atoms with E-state index in [4.69, 9.17) is 33.7 Å². The maximum absolute atomic E-state index is 6.26. The summed E-state index contributed by atoms with van der Waals surface area (Å²) in [7, 11) is 0. The average Bonchev–Trinajstić information content (AvgIpc) is 3.11. The molecule has 0 saturated heterocycles. The van der Waals surface area contributed by atoms with Crippen molar-refractivity contribution >= 4 is 39.9 Å². The molecule has 0 unspecified atom stereocenters. The first-order chi connectivity index (χ1) is 13.6. The van der Waals surface area contributed by atoms with Crippen molar-refractivity contribution in [2.24, 2.45) is 0 Å². The molecule has 142 valence electrons. The molecule has 9 heteroatoms. The first-order valence-corrected chi connectivity index (χ1v) is 9.23. The van der Waals surface area contributed by atoms with Crippen LogP contribution in [0.25, 0.3) is 10.8 Å². The zero-order valence-electron chi connectivity index (χ0n) is 14.6. The summed E-state index contributed by atoms with van der Waals surface area (Å²) in [5.74, 6) is 0.874. The van der Waals surface area contributed by atoms with Crippen molar-refractivity contribution in [1.29, 1.82) is 0 Å².